The highest BCUT2D eigenvalue weighted by molar-refractivity contribution is 9.10. The molecule has 16 heavy (non-hydrogen) atoms. The van der Waals surface area contributed by atoms with Crippen molar-refractivity contribution in [2.45, 2.75) is 25.3 Å². The molecule has 0 fully saturated rings. The minimum atomic E-state index is -0.262. The molecule has 1 aromatic rings. The summed E-state index contributed by atoms with van der Waals surface area (Å²) in [7, 11) is 0. The number of nitrogens with two attached hydrogens (primary N) is 2. The first-order chi connectivity index (χ1) is 7.15. The van der Waals surface area contributed by atoms with E-state index in [0.29, 0.717) is 11.0 Å². The van der Waals surface area contributed by atoms with Gasteiger partial charge in [0, 0.05) is 6.04 Å². The molecule has 0 heterocycles. The second kappa shape index (κ2) is 8.01. The molecule has 0 saturated carbocycles. The summed E-state index contributed by atoms with van der Waals surface area (Å²) >= 11 is 3.11. The van der Waals surface area contributed by atoms with Crippen molar-refractivity contribution >= 4 is 28.3 Å². The van der Waals surface area contributed by atoms with Crippen LogP contribution in [0.25, 0.3) is 0 Å². The zero-order chi connectivity index (χ0) is 11.3. The molecule has 0 saturated heterocycles. The molecule has 1 atom stereocenters. The number of hydrogen-bond acceptors (Lipinski definition) is 2. The van der Waals surface area contributed by atoms with Crippen molar-refractivity contribution in [1.29, 1.82) is 0 Å². The Hall–Kier alpha value is -0.160. The van der Waals surface area contributed by atoms with E-state index in [1.54, 1.807) is 6.07 Å². The van der Waals surface area contributed by atoms with Crippen molar-refractivity contribution < 1.29 is 4.39 Å². The van der Waals surface area contributed by atoms with Gasteiger partial charge in [-0.05, 0) is 53.0 Å². The van der Waals surface area contributed by atoms with Gasteiger partial charge in [0.15, 0.2) is 0 Å². The molecular weight excluding hydrogens is 294 g/mol. The van der Waals surface area contributed by atoms with E-state index in [9.17, 15) is 4.39 Å². The summed E-state index contributed by atoms with van der Waals surface area (Å²) < 4.78 is 13.7. The molecule has 0 amide bonds. The smallest absolute Gasteiger partial charge is 0.137 e. The Morgan fingerprint density at radius 2 is 2.00 bits per heavy atom. The van der Waals surface area contributed by atoms with Gasteiger partial charge in [0.1, 0.15) is 5.82 Å². The number of unbranched alkanes of at least 4 members (excludes halogenated alkanes) is 1. The summed E-state index contributed by atoms with van der Waals surface area (Å²) in [6.45, 7) is 0.682. The van der Waals surface area contributed by atoms with Crippen LogP contribution in [0.3, 0.4) is 0 Å². The summed E-state index contributed by atoms with van der Waals surface area (Å²) in [5, 5.41) is 0. The Kier molecular flexibility index (Phi) is 7.93. The zero-order valence-corrected chi connectivity index (χ0v) is 11.4. The molecular formula is C11H17BrClFN2. The van der Waals surface area contributed by atoms with Crippen LogP contribution in [0.15, 0.2) is 22.7 Å². The standard InChI is InChI=1S/C11H16BrFN2.ClH/c12-9-5-4-8(7-10(9)13)11(15)3-1-2-6-14;/h4-5,7,11H,1-3,6,14-15H2;1H/t11-;/m1./s1. The molecule has 0 spiro atoms. The Bertz CT molecular complexity index is 323. The molecule has 0 aliphatic carbocycles. The Morgan fingerprint density at radius 1 is 1.31 bits per heavy atom. The molecule has 0 bridgehead atoms. The Morgan fingerprint density at radius 3 is 2.56 bits per heavy atom. The lowest BCUT2D eigenvalue weighted by Crippen LogP contribution is -2.11. The highest BCUT2D eigenvalue weighted by atomic mass is 79.9. The second-order valence-electron chi connectivity index (χ2n) is 3.56. The minimum Gasteiger partial charge on any atom is -0.330 e. The van der Waals surface area contributed by atoms with Crippen LogP contribution in [0.4, 0.5) is 4.39 Å². The topological polar surface area (TPSA) is 52.0 Å². The van der Waals surface area contributed by atoms with Gasteiger partial charge in [-0.2, -0.15) is 0 Å². The first-order valence-electron chi connectivity index (χ1n) is 5.05. The van der Waals surface area contributed by atoms with Crippen LogP contribution in [0, 0.1) is 5.82 Å². The van der Waals surface area contributed by atoms with E-state index in [1.807, 2.05) is 6.07 Å². The van der Waals surface area contributed by atoms with Gasteiger partial charge < -0.3 is 11.5 Å². The van der Waals surface area contributed by atoms with E-state index in [2.05, 4.69) is 15.9 Å². The zero-order valence-electron chi connectivity index (χ0n) is 8.96. The molecule has 92 valence electrons. The van der Waals surface area contributed by atoms with Crippen LogP contribution in [0.5, 0.6) is 0 Å². The van der Waals surface area contributed by atoms with Gasteiger partial charge in [-0.3, -0.25) is 0 Å². The summed E-state index contributed by atoms with van der Waals surface area (Å²) in [6.07, 6.45) is 2.79. The molecule has 2 nitrogen and oxygen atoms in total. The van der Waals surface area contributed by atoms with Crippen molar-refractivity contribution in [3.8, 4) is 0 Å². The average Bonchev–Trinajstić information content (AvgIpc) is 2.22. The highest BCUT2D eigenvalue weighted by Crippen LogP contribution is 2.22. The maximum atomic E-state index is 13.2. The summed E-state index contributed by atoms with van der Waals surface area (Å²) in [6, 6.07) is 4.92. The minimum absolute atomic E-state index is 0. The molecule has 0 aliphatic rings. The van der Waals surface area contributed by atoms with Crippen molar-refractivity contribution in [2.24, 2.45) is 11.5 Å². The summed E-state index contributed by atoms with van der Waals surface area (Å²) in [5.74, 6) is -0.262. The van der Waals surface area contributed by atoms with Gasteiger partial charge in [-0.25, -0.2) is 4.39 Å². The fourth-order valence-corrected chi connectivity index (χ4v) is 1.66. The molecule has 0 radical (unpaired) electrons. The Labute approximate surface area is 110 Å². The third-order valence-corrected chi connectivity index (χ3v) is 2.98. The average molecular weight is 312 g/mol. The fraction of sp³-hybridized carbons (Fsp3) is 0.455. The Balaban J connectivity index is 0.00000225. The van der Waals surface area contributed by atoms with Crippen molar-refractivity contribution in [3.63, 3.8) is 0 Å². The third-order valence-electron chi connectivity index (χ3n) is 2.34. The maximum absolute atomic E-state index is 13.2. The van der Waals surface area contributed by atoms with E-state index < -0.39 is 0 Å². The molecule has 1 rings (SSSR count). The van der Waals surface area contributed by atoms with Crippen LogP contribution >= 0.6 is 28.3 Å². The molecule has 1 aromatic carbocycles. The van der Waals surface area contributed by atoms with Gasteiger partial charge in [0.2, 0.25) is 0 Å². The van der Waals surface area contributed by atoms with Crippen molar-refractivity contribution in [3.05, 3.63) is 34.1 Å². The molecule has 0 unspecified atom stereocenters. The molecule has 0 aliphatic heterocycles. The van der Waals surface area contributed by atoms with Crippen molar-refractivity contribution in [2.75, 3.05) is 6.54 Å². The van der Waals surface area contributed by atoms with E-state index in [0.717, 1.165) is 24.8 Å². The fourth-order valence-electron chi connectivity index (χ4n) is 1.42. The normalized spacial score (nSPS) is 12.0. The SMILES string of the molecule is Cl.NCCCC[C@@H](N)c1ccc(Br)c(F)c1. The van der Waals surface area contributed by atoms with Crippen LogP contribution in [-0.2, 0) is 0 Å². The molecule has 0 aromatic heterocycles. The van der Waals surface area contributed by atoms with Gasteiger partial charge >= 0.3 is 0 Å². The van der Waals surface area contributed by atoms with Crippen molar-refractivity contribution in [1.82, 2.24) is 0 Å². The summed E-state index contributed by atoms with van der Waals surface area (Å²) in [5.41, 5.74) is 12.2. The van der Waals surface area contributed by atoms with Crippen LogP contribution < -0.4 is 11.5 Å². The lowest BCUT2D eigenvalue weighted by atomic mass is 10.0. The van der Waals surface area contributed by atoms with E-state index in [-0.39, 0.29) is 24.3 Å². The van der Waals surface area contributed by atoms with Crippen LogP contribution in [0.2, 0.25) is 0 Å². The molecule has 5 heteroatoms. The van der Waals surface area contributed by atoms with E-state index in [1.165, 1.54) is 6.07 Å². The van der Waals surface area contributed by atoms with Gasteiger partial charge in [0.05, 0.1) is 4.47 Å². The number of halogens is 3. The predicted octanol–water partition coefficient (Wildman–Crippen LogP) is 3.14. The first-order valence-corrected chi connectivity index (χ1v) is 5.85. The van der Waals surface area contributed by atoms with E-state index in [4.69, 9.17) is 11.5 Å². The van der Waals surface area contributed by atoms with E-state index >= 15 is 0 Å². The lowest BCUT2D eigenvalue weighted by Gasteiger charge is -2.12. The highest BCUT2D eigenvalue weighted by Gasteiger charge is 2.08. The summed E-state index contributed by atoms with van der Waals surface area (Å²) in [4.78, 5) is 0. The van der Waals surface area contributed by atoms with Crippen LogP contribution in [-0.4, -0.2) is 6.54 Å². The predicted molar refractivity (Wildman–Crippen MR) is 71.2 cm³/mol. The lowest BCUT2D eigenvalue weighted by molar-refractivity contribution is 0.578. The van der Waals surface area contributed by atoms with Crippen LogP contribution in [0.1, 0.15) is 30.9 Å². The van der Waals surface area contributed by atoms with Gasteiger partial charge in [0.25, 0.3) is 0 Å². The maximum Gasteiger partial charge on any atom is 0.137 e. The van der Waals surface area contributed by atoms with Gasteiger partial charge in [-0.15, -0.1) is 12.4 Å². The van der Waals surface area contributed by atoms with Gasteiger partial charge in [-0.1, -0.05) is 12.5 Å². The largest absolute Gasteiger partial charge is 0.330 e. The quantitative estimate of drug-likeness (QED) is 0.821. The number of benzene rings is 1. The first kappa shape index (κ1) is 15.8. The molecule has 4 N–H and O–H groups in total. The number of hydrogen-bond donors (Lipinski definition) is 2. The second-order valence-corrected chi connectivity index (χ2v) is 4.42. The number of rotatable bonds is 5. The monoisotopic (exact) mass is 310 g/mol. The third kappa shape index (κ3) is 4.78.